The molecule has 0 radical (unpaired) electrons. The molecule has 0 spiro atoms. The van der Waals surface area contributed by atoms with Crippen LogP contribution in [0.15, 0.2) is 43.5 Å². The molecule has 0 aliphatic carbocycles. The number of amides is 5. The normalized spacial score (nSPS) is 23.5. The molecule has 1 saturated heterocycles. The highest BCUT2D eigenvalue weighted by Crippen LogP contribution is 2.32. The van der Waals surface area contributed by atoms with Crippen LogP contribution in [0.3, 0.4) is 0 Å². The van der Waals surface area contributed by atoms with Crippen molar-refractivity contribution < 1.29 is 41.9 Å². The molecule has 15 nitrogen and oxygen atoms in total. The summed E-state index contributed by atoms with van der Waals surface area (Å²) in [5, 5.41) is 5.38. The molecule has 3 aliphatic rings. The van der Waals surface area contributed by atoms with Crippen LogP contribution in [0.1, 0.15) is 83.4 Å². The molecule has 1 fully saturated rings. The molecule has 55 heavy (non-hydrogen) atoms. The lowest BCUT2D eigenvalue weighted by molar-refractivity contribution is -0.142. The first-order chi connectivity index (χ1) is 25.7. The highest BCUT2D eigenvalue weighted by Gasteiger charge is 2.48. The van der Waals surface area contributed by atoms with Crippen LogP contribution in [0.5, 0.6) is 0 Å². The van der Waals surface area contributed by atoms with E-state index in [1.54, 1.807) is 25.7 Å². The third-order valence-corrected chi connectivity index (χ3v) is 11.9. The Balaban J connectivity index is 1.70. The summed E-state index contributed by atoms with van der Waals surface area (Å²) in [7, 11) is -1.75. The minimum Gasteiger partial charge on any atom is -0.449 e. The standard InChI is InChI=1S/C39H58N6O9S/c1-10-15-25(11-2)31(34(47)42-55(51,52)43(8)9)40-33(46)30-20-28-22-45(30)35(48)32(38(3,4)5)41-36(49)53-24-39(6,7)19-13-12-16-26-17-14-18-27-21-44(23-29(26)27)37(50)54-28/h10-11,14,17-18,25,28,30-32H,1-2,12-13,15-16,19-24H2,3-9H3,(H,40,46)(H,41,49)(H,42,47)/t25-,28-,30+,31?,32-/m1/s1. The minimum atomic E-state index is -4.24. The zero-order valence-electron chi connectivity index (χ0n) is 33.2. The Kier molecular flexibility index (Phi) is 13.8. The predicted molar refractivity (Wildman–Crippen MR) is 206 cm³/mol. The monoisotopic (exact) mass is 786 g/mol. The van der Waals surface area contributed by atoms with E-state index >= 15 is 0 Å². The number of hydrogen-bond donors (Lipinski definition) is 3. The molecule has 3 heterocycles. The Morgan fingerprint density at radius 1 is 1.11 bits per heavy atom. The number of nitrogens with zero attached hydrogens (tertiary/aromatic N) is 3. The number of benzene rings is 1. The third-order valence-electron chi connectivity index (χ3n) is 10.4. The summed E-state index contributed by atoms with van der Waals surface area (Å²) >= 11 is 0. The van der Waals surface area contributed by atoms with Gasteiger partial charge in [0.05, 0.1) is 13.2 Å². The Morgan fingerprint density at radius 2 is 1.80 bits per heavy atom. The summed E-state index contributed by atoms with van der Waals surface area (Å²) in [4.78, 5) is 72.1. The van der Waals surface area contributed by atoms with Gasteiger partial charge in [0.15, 0.2) is 0 Å². The molecule has 304 valence electrons. The lowest BCUT2D eigenvalue weighted by Crippen LogP contribution is -2.60. The van der Waals surface area contributed by atoms with Crippen LogP contribution < -0.4 is 15.4 Å². The topological polar surface area (TPSA) is 184 Å². The molecule has 1 aromatic carbocycles. The number of carbonyl (C=O) groups excluding carboxylic acids is 5. The SMILES string of the molecule is C=CC[C@@H](C=C)C(NC(=O)[C@@H]1C[C@@H]2CN1C(=O)[C@H](C(C)(C)C)NC(=O)OCC(C)(C)CCCCc1cccc3c1CN(C3)C(=O)O2)C(=O)NS(=O)(=O)N(C)C. The van der Waals surface area contributed by atoms with Gasteiger partial charge < -0.3 is 25.0 Å². The van der Waals surface area contributed by atoms with Crippen molar-refractivity contribution >= 4 is 40.1 Å². The first-order valence-corrected chi connectivity index (χ1v) is 20.2. The molecule has 5 amide bonds. The summed E-state index contributed by atoms with van der Waals surface area (Å²) in [6.07, 6.45) is 4.04. The van der Waals surface area contributed by atoms with E-state index in [2.05, 4.69) is 29.9 Å². The molecule has 5 atom stereocenters. The summed E-state index contributed by atoms with van der Waals surface area (Å²) in [5.41, 5.74) is 2.07. The van der Waals surface area contributed by atoms with Crippen LogP contribution in [-0.4, -0.2) is 104 Å². The van der Waals surface area contributed by atoms with Crippen molar-refractivity contribution in [2.24, 2.45) is 16.7 Å². The highest BCUT2D eigenvalue weighted by molar-refractivity contribution is 7.87. The van der Waals surface area contributed by atoms with Gasteiger partial charge in [-0.25, -0.2) is 14.3 Å². The van der Waals surface area contributed by atoms with Gasteiger partial charge in [-0.15, -0.1) is 13.2 Å². The maximum atomic E-state index is 14.5. The number of ether oxygens (including phenoxy) is 2. The summed E-state index contributed by atoms with van der Waals surface area (Å²) < 4.78 is 39.7. The Bertz CT molecular complexity index is 1760. The van der Waals surface area contributed by atoms with E-state index < -0.39 is 75.7 Å². The number of aryl methyl sites for hydroxylation is 1. The van der Waals surface area contributed by atoms with Crippen molar-refractivity contribution in [2.45, 2.75) is 110 Å². The van der Waals surface area contributed by atoms with Gasteiger partial charge in [-0.1, -0.05) is 71.4 Å². The fourth-order valence-electron chi connectivity index (χ4n) is 7.13. The van der Waals surface area contributed by atoms with Gasteiger partial charge in [0, 0.05) is 39.5 Å². The van der Waals surface area contributed by atoms with E-state index in [0.717, 1.165) is 46.7 Å². The number of fused-ring (bicyclic) bond motifs is 3. The smallest absolute Gasteiger partial charge is 0.410 e. The molecule has 1 aromatic rings. The highest BCUT2D eigenvalue weighted by atomic mass is 32.2. The second-order valence-corrected chi connectivity index (χ2v) is 18.6. The van der Waals surface area contributed by atoms with Crippen LogP contribution in [0, 0.1) is 16.7 Å². The Labute approximate surface area is 325 Å². The van der Waals surface area contributed by atoms with Gasteiger partial charge in [0.2, 0.25) is 11.8 Å². The second-order valence-electron chi connectivity index (χ2n) is 16.7. The molecule has 0 saturated carbocycles. The largest absolute Gasteiger partial charge is 0.449 e. The van der Waals surface area contributed by atoms with Crippen molar-refractivity contribution in [1.29, 1.82) is 0 Å². The molecular formula is C39H58N6O9S. The molecule has 16 heteroatoms. The molecule has 3 N–H and O–H groups in total. The number of alkyl carbamates (subject to hydrolysis) is 1. The summed E-state index contributed by atoms with van der Waals surface area (Å²) in [6.45, 7) is 17.4. The predicted octanol–water partition coefficient (Wildman–Crippen LogP) is 3.79. The summed E-state index contributed by atoms with van der Waals surface area (Å²) in [6, 6.07) is 2.16. The first kappa shape index (κ1) is 43.3. The van der Waals surface area contributed by atoms with E-state index in [1.807, 2.05) is 30.7 Å². The minimum absolute atomic E-state index is 0.120. The average Bonchev–Trinajstić information content (AvgIpc) is 3.74. The molecule has 0 aromatic heterocycles. The van der Waals surface area contributed by atoms with Crippen molar-refractivity contribution in [1.82, 2.24) is 29.5 Å². The molecular weight excluding hydrogens is 729 g/mol. The second kappa shape index (κ2) is 17.6. The maximum Gasteiger partial charge on any atom is 0.410 e. The molecule has 1 unspecified atom stereocenters. The molecule has 4 bridgehead atoms. The number of allylic oxidation sites excluding steroid dienone is 1. The van der Waals surface area contributed by atoms with Gasteiger partial charge in [-0.2, -0.15) is 12.7 Å². The fraction of sp³-hybridized carbons (Fsp3) is 0.615. The lowest BCUT2D eigenvalue weighted by Gasteiger charge is -2.35. The van der Waals surface area contributed by atoms with Crippen molar-refractivity contribution in [3.05, 3.63) is 60.2 Å². The van der Waals surface area contributed by atoms with E-state index in [9.17, 15) is 32.4 Å². The number of rotatable bonds is 9. The van der Waals surface area contributed by atoms with E-state index in [0.29, 0.717) is 13.1 Å². The average molecular weight is 787 g/mol. The van der Waals surface area contributed by atoms with Gasteiger partial charge in [-0.3, -0.25) is 19.3 Å². The van der Waals surface area contributed by atoms with Gasteiger partial charge in [0.1, 0.15) is 24.2 Å². The first-order valence-electron chi connectivity index (χ1n) is 18.7. The van der Waals surface area contributed by atoms with E-state index in [-0.39, 0.29) is 31.4 Å². The van der Waals surface area contributed by atoms with Crippen LogP contribution in [0.4, 0.5) is 9.59 Å². The quantitative estimate of drug-likeness (QED) is 0.314. The van der Waals surface area contributed by atoms with Gasteiger partial charge >= 0.3 is 22.4 Å². The Morgan fingerprint density at radius 3 is 2.44 bits per heavy atom. The van der Waals surface area contributed by atoms with E-state index in [4.69, 9.17) is 9.47 Å². The van der Waals surface area contributed by atoms with Crippen LogP contribution in [-0.2, 0) is 53.6 Å². The molecule has 3 aliphatic heterocycles. The van der Waals surface area contributed by atoms with Crippen molar-refractivity contribution in [3.63, 3.8) is 0 Å². The number of carbonyl (C=O) groups is 5. The number of nitrogens with one attached hydrogen (secondary N) is 3. The van der Waals surface area contributed by atoms with Gasteiger partial charge in [0.25, 0.3) is 5.91 Å². The van der Waals surface area contributed by atoms with Crippen LogP contribution >= 0.6 is 0 Å². The third kappa shape index (κ3) is 10.9. The summed E-state index contributed by atoms with van der Waals surface area (Å²) in [5.74, 6) is -3.22. The van der Waals surface area contributed by atoms with Crippen LogP contribution in [0.25, 0.3) is 0 Å². The number of cyclic esters (lactones) is 1. The van der Waals surface area contributed by atoms with Gasteiger partial charge in [-0.05, 0) is 53.2 Å². The van der Waals surface area contributed by atoms with Crippen molar-refractivity contribution in [3.8, 4) is 0 Å². The van der Waals surface area contributed by atoms with E-state index in [1.165, 1.54) is 31.1 Å². The number of hydrogen-bond acceptors (Lipinski definition) is 9. The Hall–Kier alpha value is -4.44. The maximum absolute atomic E-state index is 14.5. The zero-order valence-corrected chi connectivity index (χ0v) is 34.0. The zero-order chi connectivity index (χ0) is 40.9. The fourth-order valence-corrected chi connectivity index (χ4v) is 7.70. The lowest BCUT2D eigenvalue weighted by atomic mass is 9.85. The van der Waals surface area contributed by atoms with Crippen molar-refractivity contribution in [2.75, 3.05) is 27.2 Å². The molecule has 4 rings (SSSR count). The van der Waals surface area contributed by atoms with Crippen LogP contribution in [0.2, 0.25) is 0 Å².